The molecule has 1 aromatic carbocycles. The highest BCUT2D eigenvalue weighted by Gasteiger charge is 2.30. The summed E-state index contributed by atoms with van der Waals surface area (Å²) in [6.07, 6.45) is 0.774. The van der Waals surface area contributed by atoms with Crippen LogP contribution in [0.5, 0.6) is 11.5 Å². The van der Waals surface area contributed by atoms with Crippen molar-refractivity contribution in [3.8, 4) is 11.5 Å². The predicted molar refractivity (Wildman–Crippen MR) is 66.2 cm³/mol. The zero-order chi connectivity index (χ0) is 13.0. The number of carbonyl (C=O) groups excluding carboxylic acids is 1. The number of benzene rings is 1. The van der Waals surface area contributed by atoms with Gasteiger partial charge in [-0.2, -0.15) is 0 Å². The first-order chi connectivity index (χ1) is 8.67. The van der Waals surface area contributed by atoms with Crippen LogP contribution in [0, 0.1) is 0 Å². The number of aldehydes is 1. The van der Waals surface area contributed by atoms with E-state index in [1.807, 2.05) is 6.92 Å². The second-order valence-corrected chi connectivity index (χ2v) is 4.34. The Labute approximate surface area is 106 Å². The third-order valence-electron chi connectivity index (χ3n) is 2.78. The zero-order valence-corrected chi connectivity index (χ0v) is 10.6. The van der Waals surface area contributed by atoms with Crippen LogP contribution in [0.15, 0.2) is 18.2 Å². The van der Waals surface area contributed by atoms with Crippen molar-refractivity contribution in [2.24, 2.45) is 0 Å². The van der Waals surface area contributed by atoms with Gasteiger partial charge in [0.2, 0.25) is 0 Å². The van der Waals surface area contributed by atoms with Crippen LogP contribution in [0.4, 0.5) is 0 Å². The first kappa shape index (κ1) is 12.9. The Hall–Kier alpha value is -1.59. The van der Waals surface area contributed by atoms with Crippen molar-refractivity contribution in [2.75, 3.05) is 26.9 Å². The summed E-state index contributed by atoms with van der Waals surface area (Å²) in [6.45, 7) is 3.80. The molecular formula is C13H17NO4. The van der Waals surface area contributed by atoms with Gasteiger partial charge in [0.15, 0.2) is 17.2 Å². The largest absolute Gasteiger partial charge is 0.493 e. The molecule has 0 bridgehead atoms. The van der Waals surface area contributed by atoms with E-state index >= 15 is 0 Å². The summed E-state index contributed by atoms with van der Waals surface area (Å²) in [5.41, 5.74) is -0.0222. The van der Waals surface area contributed by atoms with E-state index in [2.05, 4.69) is 5.32 Å². The van der Waals surface area contributed by atoms with Gasteiger partial charge >= 0.3 is 0 Å². The number of carbonyl (C=O) groups is 1. The molecule has 0 radical (unpaired) electrons. The first-order valence-corrected chi connectivity index (χ1v) is 5.82. The van der Waals surface area contributed by atoms with Gasteiger partial charge in [0.05, 0.1) is 13.7 Å². The van der Waals surface area contributed by atoms with Crippen LogP contribution >= 0.6 is 0 Å². The summed E-state index contributed by atoms with van der Waals surface area (Å²) in [6, 6.07) is 5.07. The van der Waals surface area contributed by atoms with Gasteiger partial charge < -0.3 is 14.2 Å². The smallest absolute Gasteiger partial charge is 0.181 e. The molecule has 1 N–H and O–H groups in total. The number of ether oxygens (including phenoxy) is 3. The summed E-state index contributed by atoms with van der Waals surface area (Å²) in [4.78, 5) is 10.7. The minimum atomic E-state index is -0.575. The van der Waals surface area contributed by atoms with Gasteiger partial charge in [0, 0.05) is 12.1 Å². The summed E-state index contributed by atoms with van der Waals surface area (Å²) >= 11 is 0. The molecule has 1 heterocycles. The molecule has 5 heteroatoms. The maximum Gasteiger partial charge on any atom is 0.181 e. The van der Waals surface area contributed by atoms with Gasteiger partial charge in [-0.05, 0) is 25.1 Å². The molecule has 0 unspecified atom stereocenters. The molecule has 0 aliphatic carbocycles. The Morgan fingerprint density at radius 3 is 2.89 bits per heavy atom. The molecule has 98 valence electrons. The van der Waals surface area contributed by atoms with Gasteiger partial charge in [-0.3, -0.25) is 10.1 Å². The quantitative estimate of drug-likeness (QED) is 0.815. The second kappa shape index (κ2) is 5.37. The standard InChI is InChI=1S/C13H17NO4/c1-13(9-17-6-5-14-13)18-11-4-3-10(8-15)7-12(11)16-2/h3-4,7-8,14H,5-6,9H2,1-2H3/t13-/m0/s1. The van der Waals surface area contributed by atoms with Crippen LogP contribution in [-0.2, 0) is 4.74 Å². The SMILES string of the molecule is COc1cc(C=O)ccc1O[C@@]1(C)COCCN1. The van der Waals surface area contributed by atoms with Gasteiger partial charge in [0.25, 0.3) is 0 Å². The summed E-state index contributed by atoms with van der Waals surface area (Å²) in [5, 5.41) is 3.25. The van der Waals surface area contributed by atoms with Crippen LogP contribution in [0.3, 0.4) is 0 Å². The average molecular weight is 251 g/mol. The van der Waals surface area contributed by atoms with E-state index in [1.54, 1.807) is 25.3 Å². The van der Waals surface area contributed by atoms with E-state index < -0.39 is 5.72 Å². The van der Waals surface area contributed by atoms with Crippen molar-refractivity contribution in [1.82, 2.24) is 5.32 Å². The fraction of sp³-hybridized carbons (Fsp3) is 0.462. The lowest BCUT2D eigenvalue weighted by Crippen LogP contribution is -2.56. The fourth-order valence-corrected chi connectivity index (χ4v) is 1.86. The third kappa shape index (κ3) is 2.80. The van der Waals surface area contributed by atoms with E-state index in [0.717, 1.165) is 12.8 Å². The molecule has 0 amide bonds. The third-order valence-corrected chi connectivity index (χ3v) is 2.78. The van der Waals surface area contributed by atoms with Gasteiger partial charge in [-0.25, -0.2) is 0 Å². The van der Waals surface area contributed by atoms with Crippen LogP contribution in [0.25, 0.3) is 0 Å². The average Bonchev–Trinajstić information content (AvgIpc) is 2.39. The van der Waals surface area contributed by atoms with Crippen LogP contribution in [0.1, 0.15) is 17.3 Å². The van der Waals surface area contributed by atoms with Gasteiger partial charge in [-0.15, -0.1) is 0 Å². The highest BCUT2D eigenvalue weighted by atomic mass is 16.6. The van der Waals surface area contributed by atoms with E-state index in [9.17, 15) is 4.79 Å². The molecule has 1 aliphatic rings. The van der Waals surface area contributed by atoms with Crippen molar-refractivity contribution in [3.63, 3.8) is 0 Å². The normalized spacial score (nSPS) is 23.4. The highest BCUT2D eigenvalue weighted by molar-refractivity contribution is 5.76. The first-order valence-electron chi connectivity index (χ1n) is 5.82. The number of morpholine rings is 1. The van der Waals surface area contributed by atoms with E-state index in [0.29, 0.717) is 30.3 Å². The minimum absolute atomic E-state index is 0.464. The number of hydrogen-bond donors (Lipinski definition) is 1. The highest BCUT2D eigenvalue weighted by Crippen LogP contribution is 2.30. The molecule has 1 atom stereocenters. The van der Waals surface area contributed by atoms with Crippen molar-refractivity contribution >= 4 is 6.29 Å². The van der Waals surface area contributed by atoms with Crippen molar-refractivity contribution in [2.45, 2.75) is 12.6 Å². The molecule has 1 aliphatic heterocycles. The zero-order valence-electron chi connectivity index (χ0n) is 10.6. The maximum absolute atomic E-state index is 10.7. The molecule has 18 heavy (non-hydrogen) atoms. The van der Waals surface area contributed by atoms with Crippen LogP contribution < -0.4 is 14.8 Å². The Morgan fingerprint density at radius 1 is 1.44 bits per heavy atom. The van der Waals surface area contributed by atoms with Crippen molar-refractivity contribution in [1.29, 1.82) is 0 Å². The summed E-state index contributed by atoms with van der Waals surface area (Å²) in [7, 11) is 1.55. The molecule has 1 aromatic rings. The summed E-state index contributed by atoms with van der Waals surface area (Å²) < 4.78 is 16.5. The van der Waals surface area contributed by atoms with Crippen LogP contribution in [-0.4, -0.2) is 38.9 Å². The number of methoxy groups -OCH3 is 1. The number of rotatable bonds is 4. The molecule has 0 aromatic heterocycles. The maximum atomic E-state index is 10.7. The molecule has 2 rings (SSSR count). The van der Waals surface area contributed by atoms with Crippen LogP contribution in [0.2, 0.25) is 0 Å². The number of nitrogens with one attached hydrogen (secondary N) is 1. The van der Waals surface area contributed by atoms with Crippen molar-refractivity contribution in [3.05, 3.63) is 23.8 Å². The Morgan fingerprint density at radius 2 is 2.28 bits per heavy atom. The topological polar surface area (TPSA) is 56.8 Å². The Kier molecular flexibility index (Phi) is 3.84. The van der Waals surface area contributed by atoms with Crippen molar-refractivity contribution < 1.29 is 19.0 Å². The van der Waals surface area contributed by atoms with Gasteiger partial charge in [-0.1, -0.05) is 0 Å². The second-order valence-electron chi connectivity index (χ2n) is 4.34. The van der Waals surface area contributed by atoms with E-state index in [-0.39, 0.29) is 0 Å². The Balaban J connectivity index is 2.19. The molecule has 0 saturated carbocycles. The predicted octanol–water partition coefficient (Wildman–Crippen LogP) is 1.22. The monoisotopic (exact) mass is 251 g/mol. The lowest BCUT2D eigenvalue weighted by atomic mass is 10.2. The summed E-state index contributed by atoms with van der Waals surface area (Å²) in [5.74, 6) is 1.12. The molecule has 5 nitrogen and oxygen atoms in total. The number of hydrogen-bond acceptors (Lipinski definition) is 5. The molecule has 0 spiro atoms. The lowest BCUT2D eigenvalue weighted by Gasteiger charge is -2.35. The van der Waals surface area contributed by atoms with E-state index in [1.165, 1.54) is 0 Å². The lowest BCUT2D eigenvalue weighted by molar-refractivity contribution is -0.0710. The van der Waals surface area contributed by atoms with Gasteiger partial charge in [0.1, 0.15) is 12.9 Å². The molecular weight excluding hydrogens is 234 g/mol. The van der Waals surface area contributed by atoms with E-state index in [4.69, 9.17) is 14.2 Å². The molecule has 1 fully saturated rings. The molecule has 1 saturated heterocycles. The minimum Gasteiger partial charge on any atom is -0.493 e. The fourth-order valence-electron chi connectivity index (χ4n) is 1.86. The Bertz CT molecular complexity index is 427.